The molecule has 17 heavy (non-hydrogen) atoms. The number of nitrogens with one attached hydrogen (secondary N) is 1. The summed E-state index contributed by atoms with van der Waals surface area (Å²) in [6, 6.07) is 4.66. The minimum atomic E-state index is -3.48. The van der Waals surface area contributed by atoms with Crippen LogP contribution < -0.4 is 10.5 Å². The zero-order valence-electron chi connectivity index (χ0n) is 9.23. The molecule has 0 aliphatic carbocycles. The zero-order valence-corrected chi connectivity index (χ0v) is 10.8. The van der Waals surface area contributed by atoms with Crippen LogP contribution in [-0.2, 0) is 10.0 Å². The van der Waals surface area contributed by atoms with Crippen molar-refractivity contribution >= 4 is 33.2 Å². The first-order valence-electron chi connectivity index (χ1n) is 4.83. The quantitative estimate of drug-likeness (QED) is 0.789. The number of primary amides is 1. The van der Waals surface area contributed by atoms with Gasteiger partial charge in [0.05, 0.1) is 11.4 Å². The average molecular weight is 277 g/mol. The maximum atomic E-state index is 11.5. The molecular formula is C10H13ClN2O3S. The number of rotatable bonds is 5. The van der Waals surface area contributed by atoms with E-state index in [0.29, 0.717) is 11.3 Å². The Morgan fingerprint density at radius 2 is 2.12 bits per heavy atom. The van der Waals surface area contributed by atoms with Gasteiger partial charge in [0.15, 0.2) is 0 Å². The van der Waals surface area contributed by atoms with Gasteiger partial charge in [0.2, 0.25) is 15.9 Å². The highest BCUT2D eigenvalue weighted by Gasteiger charge is 2.14. The first-order chi connectivity index (χ1) is 7.87. The fourth-order valence-corrected chi connectivity index (χ4v) is 2.80. The van der Waals surface area contributed by atoms with Crippen molar-refractivity contribution in [3.63, 3.8) is 0 Å². The summed E-state index contributed by atoms with van der Waals surface area (Å²) < 4.78 is 25.4. The second-order valence-electron chi connectivity index (χ2n) is 3.45. The van der Waals surface area contributed by atoms with Crippen LogP contribution in [0.2, 0.25) is 0 Å². The first kappa shape index (κ1) is 13.8. The monoisotopic (exact) mass is 276 g/mol. The summed E-state index contributed by atoms with van der Waals surface area (Å²) in [5, 5.41) is 0. The Hall–Kier alpha value is -1.27. The molecule has 0 fully saturated rings. The predicted octanol–water partition coefficient (Wildman–Crippen LogP) is 1.07. The fraction of sp³-hybridized carbons (Fsp3) is 0.300. The minimum Gasteiger partial charge on any atom is -0.366 e. The minimum absolute atomic E-state index is 0.00386. The third kappa shape index (κ3) is 3.61. The molecule has 0 unspecified atom stereocenters. The lowest BCUT2D eigenvalue weighted by molar-refractivity contribution is 0.0999. The van der Waals surface area contributed by atoms with Gasteiger partial charge in [-0.25, -0.2) is 8.42 Å². The number of carbonyl (C=O) groups excluding carboxylic acids is 1. The Morgan fingerprint density at radius 1 is 1.47 bits per heavy atom. The molecule has 0 aliphatic rings. The average Bonchev–Trinajstić information content (AvgIpc) is 2.20. The van der Waals surface area contributed by atoms with Gasteiger partial charge in [-0.1, -0.05) is 6.07 Å². The molecule has 1 amide bonds. The number of hydrogen-bond acceptors (Lipinski definition) is 3. The summed E-state index contributed by atoms with van der Waals surface area (Å²) in [5.74, 6) is -0.778. The molecule has 0 saturated heterocycles. The van der Waals surface area contributed by atoms with Crippen LogP contribution in [0.3, 0.4) is 0 Å². The molecule has 5 nitrogen and oxygen atoms in total. The van der Waals surface area contributed by atoms with Gasteiger partial charge < -0.3 is 5.73 Å². The summed E-state index contributed by atoms with van der Waals surface area (Å²) in [7, 11) is -3.48. The van der Waals surface area contributed by atoms with Crippen LogP contribution in [0.1, 0.15) is 15.9 Å². The van der Waals surface area contributed by atoms with E-state index in [1.807, 2.05) is 0 Å². The lowest BCUT2D eigenvalue weighted by Gasteiger charge is -2.11. The maximum Gasteiger partial charge on any atom is 0.249 e. The molecule has 7 heteroatoms. The topological polar surface area (TPSA) is 89.3 Å². The predicted molar refractivity (Wildman–Crippen MR) is 67.8 cm³/mol. The van der Waals surface area contributed by atoms with Gasteiger partial charge in [0, 0.05) is 11.4 Å². The third-order valence-corrected chi connectivity index (χ3v) is 3.90. The van der Waals surface area contributed by atoms with E-state index in [9.17, 15) is 13.2 Å². The molecule has 0 atom stereocenters. The van der Waals surface area contributed by atoms with E-state index in [-0.39, 0.29) is 17.2 Å². The van der Waals surface area contributed by atoms with E-state index in [1.165, 1.54) is 6.07 Å². The highest BCUT2D eigenvalue weighted by Crippen LogP contribution is 2.19. The van der Waals surface area contributed by atoms with Crippen LogP contribution in [0.25, 0.3) is 0 Å². The molecule has 1 aromatic rings. The summed E-state index contributed by atoms with van der Waals surface area (Å²) in [5.41, 5.74) is 6.29. The van der Waals surface area contributed by atoms with Crippen molar-refractivity contribution in [3.8, 4) is 0 Å². The van der Waals surface area contributed by atoms with Gasteiger partial charge in [-0.05, 0) is 24.6 Å². The zero-order chi connectivity index (χ0) is 13.1. The Bertz CT molecular complexity index is 528. The third-order valence-electron chi connectivity index (χ3n) is 2.21. The normalized spacial score (nSPS) is 11.2. The largest absolute Gasteiger partial charge is 0.366 e. The summed E-state index contributed by atoms with van der Waals surface area (Å²) in [6.45, 7) is 1.62. The van der Waals surface area contributed by atoms with Gasteiger partial charge >= 0.3 is 0 Å². The molecule has 94 valence electrons. The maximum absolute atomic E-state index is 11.5. The van der Waals surface area contributed by atoms with Crippen LogP contribution in [0.15, 0.2) is 18.2 Å². The first-order valence-corrected chi connectivity index (χ1v) is 7.02. The number of anilines is 1. The lowest BCUT2D eigenvalue weighted by atomic mass is 10.1. The number of benzene rings is 1. The van der Waals surface area contributed by atoms with Crippen LogP contribution in [0.4, 0.5) is 5.69 Å². The molecule has 1 aromatic carbocycles. The Balaban J connectivity index is 3.09. The smallest absolute Gasteiger partial charge is 0.249 e. The summed E-state index contributed by atoms with van der Waals surface area (Å²) >= 11 is 5.38. The number of halogens is 1. The standard InChI is InChI=1S/C10H13ClN2O3S/c1-7-8(10(12)14)3-2-4-9(7)13-17(15,16)6-5-11/h2-4,13H,5-6H2,1H3,(H2,12,14). The summed E-state index contributed by atoms with van der Waals surface area (Å²) in [4.78, 5) is 11.1. The van der Waals surface area contributed by atoms with E-state index in [1.54, 1.807) is 19.1 Å². The molecular weight excluding hydrogens is 264 g/mol. The van der Waals surface area contributed by atoms with Crippen molar-refractivity contribution < 1.29 is 13.2 Å². The number of alkyl halides is 1. The fourth-order valence-electron chi connectivity index (χ4n) is 1.33. The Morgan fingerprint density at radius 3 is 2.65 bits per heavy atom. The molecule has 3 N–H and O–H groups in total. The van der Waals surface area contributed by atoms with Crippen LogP contribution in [0, 0.1) is 6.92 Å². The second kappa shape index (κ2) is 5.37. The molecule has 1 rings (SSSR count). The molecule has 0 heterocycles. The van der Waals surface area contributed by atoms with E-state index in [4.69, 9.17) is 17.3 Å². The van der Waals surface area contributed by atoms with Crippen LogP contribution in [0.5, 0.6) is 0 Å². The molecule has 0 spiro atoms. The van der Waals surface area contributed by atoms with Crippen molar-refractivity contribution in [3.05, 3.63) is 29.3 Å². The number of sulfonamides is 1. The van der Waals surface area contributed by atoms with Crippen molar-refractivity contribution in [2.45, 2.75) is 6.92 Å². The molecule has 0 aromatic heterocycles. The number of carbonyl (C=O) groups is 1. The van der Waals surface area contributed by atoms with E-state index in [0.717, 1.165) is 0 Å². The van der Waals surface area contributed by atoms with E-state index >= 15 is 0 Å². The van der Waals surface area contributed by atoms with Crippen molar-refractivity contribution in [1.82, 2.24) is 0 Å². The summed E-state index contributed by atoms with van der Waals surface area (Å²) in [6.07, 6.45) is 0. The van der Waals surface area contributed by atoms with Gasteiger partial charge in [0.1, 0.15) is 0 Å². The number of hydrogen-bond donors (Lipinski definition) is 2. The van der Waals surface area contributed by atoms with Crippen molar-refractivity contribution in [2.24, 2.45) is 5.73 Å². The molecule has 0 bridgehead atoms. The van der Waals surface area contributed by atoms with Crippen LogP contribution >= 0.6 is 11.6 Å². The molecule has 0 aliphatic heterocycles. The van der Waals surface area contributed by atoms with Gasteiger partial charge in [-0.2, -0.15) is 0 Å². The second-order valence-corrected chi connectivity index (χ2v) is 5.67. The highest BCUT2D eigenvalue weighted by atomic mass is 35.5. The molecule has 0 saturated carbocycles. The van der Waals surface area contributed by atoms with Gasteiger partial charge in [0.25, 0.3) is 0 Å². The van der Waals surface area contributed by atoms with Gasteiger partial charge in [-0.15, -0.1) is 11.6 Å². The van der Waals surface area contributed by atoms with E-state index in [2.05, 4.69) is 4.72 Å². The Kier molecular flexibility index (Phi) is 4.36. The van der Waals surface area contributed by atoms with E-state index < -0.39 is 15.9 Å². The Labute approximate surface area is 105 Å². The SMILES string of the molecule is Cc1c(NS(=O)(=O)CCCl)cccc1C(N)=O. The number of nitrogens with two attached hydrogens (primary N) is 1. The number of amides is 1. The van der Waals surface area contributed by atoms with Crippen molar-refractivity contribution in [2.75, 3.05) is 16.4 Å². The van der Waals surface area contributed by atoms with Gasteiger partial charge in [-0.3, -0.25) is 9.52 Å². The van der Waals surface area contributed by atoms with Crippen molar-refractivity contribution in [1.29, 1.82) is 0 Å². The van der Waals surface area contributed by atoms with Crippen LogP contribution in [-0.4, -0.2) is 26.0 Å². The lowest BCUT2D eigenvalue weighted by Crippen LogP contribution is -2.19. The highest BCUT2D eigenvalue weighted by molar-refractivity contribution is 7.92. The molecule has 0 radical (unpaired) electrons.